The van der Waals surface area contributed by atoms with E-state index in [2.05, 4.69) is 46.5 Å². The SMILES string of the molecule is Cc1nccc2c1[nH]c1c(-c3ccc(OC(C)C4CCNC4)cc3)cc(Cl)cc12. The zero-order chi connectivity index (χ0) is 20.0. The first kappa shape index (κ1) is 18.5. The van der Waals surface area contributed by atoms with E-state index in [1.165, 1.54) is 6.42 Å². The predicted octanol–water partition coefficient (Wildman–Crippen LogP) is 5.72. The number of pyridine rings is 1. The molecule has 1 saturated heterocycles. The molecule has 5 rings (SSSR count). The minimum atomic E-state index is 0.206. The number of benzene rings is 2. The molecular weight excluding hydrogens is 382 g/mol. The lowest BCUT2D eigenvalue weighted by Gasteiger charge is -2.20. The Morgan fingerprint density at radius 1 is 1.10 bits per heavy atom. The number of aromatic amines is 1. The normalized spacial score (nSPS) is 17.8. The molecule has 2 N–H and O–H groups in total. The number of nitrogens with one attached hydrogen (secondary N) is 2. The van der Waals surface area contributed by atoms with E-state index >= 15 is 0 Å². The summed E-state index contributed by atoms with van der Waals surface area (Å²) in [5, 5.41) is 6.40. The monoisotopic (exact) mass is 405 g/mol. The van der Waals surface area contributed by atoms with Crippen LogP contribution in [0.3, 0.4) is 0 Å². The number of rotatable bonds is 4. The summed E-state index contributed by atoms with van der Waals surface area (Å²) in [6, 6.07) is 14.4. The Hall–Kier alpha value is -2.56. The third kappa shape index (κ3) is 3.37. The lowest BCUT2D eigenvalue weighted by Crippen LogP contribution is -2.25. The van der Waals surface area contributed by atoms with Gasteiger partial charge in [-0.15, -0.1) is 0 Å². The van der Waals surface area contributed by atoms with Gasteiger partial charge in [-0.1, -0.05) is 23.7 Å². The van der Waals surface area contributed by atoms with Crippen molar-refractivity contribution in [3.63, 3.8) is 0 Å². The number of aryl methyl sites for hydroxylation is 1. The van der Waals surface area contributed by atoms with E-state index < -0.39 is 0 Å². The van der Waals surface area contributed by atoms with Crippen LogP contribution in [0.1, 0.15) is 19.0 Å². The van der Waals surface area contributed by atoms with Crippen molar-refractivity contribution in [3.8, 4) is 16.9 Å². The fourth-order valence-corrected chi connectivity index (χ4v) is 4.58. The van der Waals surface area contributed by atoms with Crippen molar-refractivity contribution in [1.29, 1.82) is 0 Å². The number of hydrogen-bond donors (Lipinski definition) is 2. The van der Waals surface area contributed by atoms with Crippen molar-refractivity contribution >= 4 is 33.4 Å². The fourth-order valence-electron chi connectivity index (χ4n) is 4.36. The lowest BCUT2D eigenvalue weighted by atomic mass is 10.0. The van der Waals surface area contributed by atoms with Gasteiger partial charge in [-0.2, -0.15) is 0 Å². The highest BCUT2D eigenvalue weighted by Crippen LogP contribution is 2.37. The number of ether oxygens (including phenoxy) is 1. The molecule has 0 radical (unpaired) electrons. The van der Waals surface area contributed by atoms with Crippen molar-refractivity contribution in [2.24, 2.45) is 5.92 Å². The van der Waals surface area contributed by atoms with Gasteiger partial charge in [0.05, 0.1) is 22.8 Å². The molecule has 4 aromatic rings. The molecule has 2 aromatic heterocycles. The van der Waals surface area contributed by atoms with Gasteiger partial charge < -0.3 is 15.0 Å². The van der Waals surface area contributed by atoms with E-state index in [0.29, 0.717) is 5.92 Å². The average Bonchev–Trinajstić information content (AvgIpc) is 3.37. The second-order valence-electron chi connectivity index (χ2n) is 7.92. The second kappa shape index (κ2) is 7.36. The lowest BCUT2D eigenvalue weighted by molar-refractivity contribution is 0.161. The van der Waals surface area contributed by atoms with Crippen LogP contribution in [0.2, 0.25) is 5.02 Å². The number of hydrogen-bond acceptors (Lipinski definition) is 3. The molecule has 2 aromatic carbocycles. The number of H-pyrrole nitrogens is 1. The Kier molecular flexibility index (Phi) is 4.69. The third-order valence-corrected chi connectivity index (χ3v) is 6.25. The number of fused-ring (bicyclic) bond motifs is 3. The smallest absolute Gasteiger partial charge is 0.119 e. The highest BCUT2D eigenvalue weighted by atomic mass is 35.5. The van der Waals surface area contributed by atoms with Crippen molar-refractivity contribution in [2.75, 3.05) is 13.1 Å². The quantitative estimate of drug-likeness (QED) is 0.456. The zero-order valence-corrected chi connectivity index (χ0v) is 17.4. The van der Waals surface area contributed by atoms with E-state index in [1.807, 2.05) is 31.3 Å². The largest absolute Gasteiger partial charge is 0.490 e. The topological polar surface area (TPSA) is 49.9 Å². The van der Waals surface area contributed by atoms with E-state index in [9.17, 15) is 0 Å². The van der Waals surface area contributed by atoms with Gasteiger partial charge in [0.25, 0.3) is 0 Å². The zero-order valence-electron chi connectivity index (χ0n) is 16.6. The highest BCUT2D eigenvalue weighted by Gasteiger charge is 2.22. The first-order chi connectivity index (χ1) is 14.1. The van der Waals surface area contributed by atoms with Gasteiger partial charge >= 0.3 is 0 Å². The average molecular weight is 406 g/mol. The molecule has 4 nitrogen and oxygen atoms in total. The summed E-state index contributed by atoms with van der Waals surface area (Å²) in [4.78, 5) is 7.98. The molecule has 1 fully saturated rings. The van der Waals surface area contributed by atoms with E-state index in [4.69, 9.17) is 16.3 Å². The van der Waals surface area contributed by atoms with Gasteiger partial charge in [-0.05, 0) is 62.7 Å². The Bertz CT molecular complexity index is 1180. The molecule has 3 heterocycles. The van der Waals surface area contributed by atoms with Gasteiger partial charge in [-0.25, -0.2) is 0 Å². The molecule has 1 aliphatic rings. The van der Waals surface area contributed by atoms with E-state index in [0.717, 1.165) is 62.5 Å². The maximum Gasteiger partial charge on any atom is 0.119 e. The molecular formula is C24H24ClN3O. The van der Waals surface area contributed by atoms with Crippen molar-refractivity contribution in [1.82, 2.24) is 15.3 Å². The maximum atomic E-state index is 6.48. The Morgan fingerprint density at radius 2 is 1.93 bits per heavy atom. The van der Waals surface area contributed by atoms with Gasteiger partial charge in [0.1, 0.15) is 5.75 Å². The summed E-state index contributed by atoms with van der Waals surface area (Å²) >= 11 is 6.48. The molecule has 0 saturated carbocycles. The van der Waals surface area contributed by atoms with E-state index in [-0.39, 0.29) is 6.10 Å². The van der Waals surface area contributed by atoms with Crippen molar-refractivity contribution in [2.45, 2.75) is 26.4 Å². The van der Waals surface area contributed by atoms with Crippen LogP contribution < -0.4 is 10.1 Å². The van der Waals surface area contributed by atoms with Crippen LogP contribution in [-0.2, 0) is 0 Å². The van der Waals surface area contributed by atoms with Crippen molar-refractivity contribution in [3.05, 3.63) is 59.4 Å². The Morgan fingerprint density at radius 3 is 2.69 bits per heavy atom. The minimum Gasteiger partial charge on any atom is -0.490 e. The summed E-state index contributed by atoms with van der Waals surface area (Å²) in [5.74, 6) is 1.48. The van der Waals surface area contributed by atoms with Crippen LogP contribution >= 0.6 is 11.6 Å². The molecule has 0 amide bonds. The molecule has 2 unspecified atom stereocenters. The summed E-state index contributed by atoms with van der Waals surface area (Å²) in [5.41, 5.74) is 5.32. The number of aromatic nitrogens is 2. The predicted molar refractivity (Wildman–Crippen MR) is 120 cm³/mol. The van der Waals surface area contributed by atoms with Crippen molar-refractivity contribution < 1.29 is 4.74 Å². The molecule has 0 aliphatic carbocycles. The van der Waals surface area contributed by atoms with Gasteiger partial charge in [0, 0.05) is 40.0 Å². The standard InChI is InChI=1S/C24H24ClN3O/c1-14-23-20(8-10-27-14)22-12-18(25)11-21(24(22)28-23)16-3-5-19(6-4-16)29-15(2)17-7-9-26-13-17/h3-6,8,10-12,15,17,26,28H,7,9,13H2,1-2H3. The summed E-state index contributed by atoms with van der Waals surface area (Å²) in [7, 11) is 0. The number of nitrogens with zero attached hydrogens (tertiary/aromatic N) is 1. The van der Waals surface area contributed by atoms with Crippen LogP contribution in [-0.4, -0.2) is 29.2 Å². The molecule has 148 valence electrons. The third-order valence-electron chi connectivity index (χ3n) is 6.03. The van der Waals surface area contributed by atoms with Crippen LogP contribution in [0.4, 0.5) is 0 Å². The maximum absolute atomic E-state index is 6.48. The second-order valence-corrected chi connectivity index (χ2v) is 8.36. The molecule has 29 heavy (non-hydrogen) atoms. The van der Waals surface area contributed by atoms with Crippen LogP contribution in [0.15, 0.2) is 48.7 Å². The highest BCUT2D eigenvalue weighted by molar-refractivity contribution is 6.32. The molecule has 2 atom stereocenters. The van der Waals surface area contributed by atoms with Gasteiger partial charge in [-0.3, -0.25) is 4.98 Å². The molecule has 1 aliphatic heterocycles. The van der Waals surface area contributed by atoms with Crippen LogP contribution in [0.25, 0.3) is 32.9 Å². The van der Waals surface area contributed by atoms with Crippen LogP contribution in [0.5, 0.6) is 5.75 Å². The summed E-state index contributed by atoms with van der Waals surface area (Å²) in [6.07, 6.45) is 3.23. The first-order valence-electron chi connectivity index (χ1n) is 10.1. The summed E-state index contributed by atoms with van der Waals surface area (Å²) < 4.78 is 6.18. The van der Waals surface area contributed by atoms with Crippen LogP contribution in [0, 0.1) is 12.8 Å². The Balaban J connectivity index is 1.52. The minimum absolute atomic E-state index is 0.206. The first-order valence-corrected chi connectivity index (χ1v) is 10.5. The van der Waals surface area contributed by atoms with E-state index in [1.54, 1.807) is 0 Å². The molecule has 0 bridgehead atoms. The summed E-state index contributed by atoms with van der Waals surface area (Å²) in [6.45, 7) is 6.30. The fraction of sp³-hybridized carbons (Fsp3) is 0.292. The molecule has 0 spiro atoms. The molecule has 5 heteroatoms. The Labute approximate surface area is 175 Å². The van der Waals surface area contributed by atoms with Gasteiger partial charge in [0.2, 0.25) is 0 Å². The van der Waals surface area contributed by atoms with Gasteiger partial charge in [0.15, 0.2) is 0 Å². The number of halogens is 1.